The van der Waals surface area contributed by atoms with Gasteiger partial charge in [0.1, 0.15) is 12.1 Å². The van der Waals surface area contributed by atoms with Crippen molar-refractivity contribution in [1.29, 1.82) is 0 Å². The normalized spacial score (nSPS) is 31.3. The Bertz CT molecular complexity index is 634. The highest BCUT2D eigenvalue weighted by Gasteiger charge is 2.33. The summed E-state index contributed by atoms with van der Waals surface area (Å²) in [6, 6.07) is 0.465. The lowest BCUT2D eigenvalue weighted by Crippen LogP contribution is -2.30. The molecule has 0 radical (unpaired) electrons. The third-order valence-electron chi connectivity index (χ3n) is 5.09. The maximum absolute atomic E-state index is 6.07. The van der Waals surface area contributed by atoms with Crippen molar-refractivity contribution in [3.63, 3.8) is 0 Å². The molecule has 2 N–H and O–H groups in total. The molecule has 118 valence electrons. The molecule has 0 bridgehead atoms. The molecule has 0 spiro atoms. The van der Waals surface area contributed by atoms with Crippen LogP contribution in [0, 0.1) is 11.8 Å². The number of aromatic amines is 1. The second-order valence-electron chi connectivity index (χ2n) is 6.78. The summed E-state index contributed by atoms with van der Waals surface area (Å²) >= 11 is 0. The molecule has 6 heteroatoms. The molecular formula is C16H23N5O. The molecule has 4 rings (SSSR count). The minimum atomic E-state index is 0.449. The van der Waals surface area contributed by atoms with Gasteiger partial charge in [0.05, 0.1) is 24.3 Å². The van der Waals surface area contributed by atoms with Crippen LogP contribution in [0.25, 0.3) is 11.0 Å². The van der Waals surface area contributed by atoms with Crippen LogP contribution in [0.1, 0.15) is 39.0 Å². The molecule has 0 aliphatic heterocycles. The zero-order valence-corrected chi connectivity index (χ0v) is 13.0. The maximum atomic E-state index is 6.07. The fourth-order valence-electron chi connectivity index (χ4n) is 3.34. The summed E-state index contributed by atoms with van der Waals surface area (Å²) in [6.45, 7) is 3.28. The standard InChI is InChI=1S/C16H23N5O/c1-10-6-11(10)8-22-13-4-2-12(3-5-13)20-15-14-7-19-21-16(14)18-9-17-15/h7,9-13H,2-6,8H2,1H3,(H2,17,18,19,20,21)/t10-,11?,12?,13?/m1/s1. The summed E-state index contributed by atoms with van der Waals surface area (Å²) in [5, 5.41) is 11.4. The summed E-state index contributed by atoms with van der Waals surface area (Å²) < 4.78 is 6.07. The van der Waals surface area contributed by atoms with Crippen molar-refractivity contribution in [2.24, 2.45) is 11.8 Å². The molecule has 22 heavy (non-hydrogen) atoms. The molecule has 2 aliphatic rings. The summed E-state index contributed by atoms with van der Waals surface area (Å²) in [5.74, 6) is 2.59. The van der Waals surface area contributed by atoms with Gasteiger partial charge in [0.25, 0.3) is 0 Å². The number of fused-ring (bicyclic) bond motifs is 1. The summed E-state index contributed by atoms with van der Waals surface area (Å²) in [7, 11) is 0. The van der Waals surface area contributed by atoms with Gasteiger partial charge in [-0.15, -0.1) is 0 Å². The Hall–Kier alpha value is -1.69. The van der Waals surface area contributed by atoms with Crippen molar-refractivity contribution in [2.75, 3.05) is 11.9 Å². The van der Waals surface area contributed by atoms with Crippen LogP contribution in [-0.2, 0) is 4.74 Å². The van der Waals surface area contributed by atoms with Crippen LogP contribution in [-0.4, -0.2) is 38.9 Å². The smallest absolute Gasteiger partial charge is 0.160 e. The van der Waals surface area contributed by atoms with E-state index in [1.165, 1.54) is 6.42 Å². The number of anilines is 1. The molecule has 0 amide bonds. The van der Waals surface area contributed by atoms with Crippen molar-refractivity contribution in [3.8, 4) is 0 Å². The number of nitrogens with one attached hydrogen (secondary N) is 2. The van der Waals surface area contributed by atoms with E-state index >= 15 is 0 Å². The molecule has 0 aromatic carbocycles. The highest BCUT2D eigenvalue weighted by Crippen LogP contribution is 2.38. The molecular weight excluding hydrogens is 278 g/mol. The van der Waals surface area contributed by atoms with Gasteiger partial charge in [0, 0.05) is 6.04 Å². The molecule has 2 aromatic rings. The number of H-pyrrole nitrogens is 1. The quantitative estimate of drug-likeness (QED) is 0.888. The first-order valence-corrected chi connectivity index (χ1v) is 8.32. The molecule has 2 heterocycles. The van der Waals surface area contributed by atoms with E-state index in [0.29, 0.717) is 12.1 Å². The van der Waals surface area contributed by atoms with Crippen LogP contribution >= 0.6 is 0 Å². The molecule has 2 aromatic heterocycles. The second-order valence-corrected chi connectivity index (χ2v) is 6.78. The number of hydrogen-bond acceptors (Lipinski definition) is 5. The minimum Gasteiger partial charge on any atom is -0.378 e. The highest BCUT2D eigenvalue weighted by atomic mass is 16.5. The van der Waals surface area contributed by atoms with Gasteiger partial charge in [-0.05, 0) is 43.9 Å². The predicted molar refractivity (Wildman–Crippen MR) is 84.6 cm³/mol. The lowest BCUT2D eigenvalue weighted by molar-refractivity contribution is 0.0187. The highest BCUT2D eigenvalue weighted by molar-refractivity contribution is 5.85. The Morgan fingerprint density at radius 2 is 2.09 bits per heavy atom. The first-order chi connectivity index (χ1) is 10.8. The molecule has 0 saturated heterocycles. The molecule has 2 fully saturated rings. The average molecular weight is 301 g/mol. The van der Waals surface area contributed by atoms with Gasteiger partial charge in [-0.2, -0.15) is 5.10 Å². The zero-order chi connectivity index (χ0) is 14.9. The number of aromatic nitrogens is 4. The fraction of sp³-hybridized carbons (Fsp3) is 0.688. The Labute approximate surface area is 130 Å². The second kappa shape index (κ2) is 5.83. The number of hydrogen-bond donors (Lipinski definition) is 2. The lowest BCUT2D eigenvalue weighted by Gasteiger charge is -2.29. The molecule has 6 nitrogen and oxygen atoms in total. The summed E-state index contributed by atoms with van der Waals surface area (Å²) in [6.07, 6.45) is 9.70. The summed E-state index contributed by atoms with van der Waals surface area (Å²) in [5.41, 5.74) is 0.785. The number of ether oxygens (including phenoxy) is 1. The van der Waals surface area contributed by atoms with E-state index in [-0.39, 0.29) is 0 Å². The summed E-state index contributed by atoms with van der Waals surface area (Å²) in [4.78, 5) is 8.53. The molecule has 2 atom stereocenters. The number of rotatable bonds is 5. The van der Waals surface area contributed by atoms with E-state index in [1.807, 2.05) is 0 Å². The first-order valence-electron chi connectivity index (χ1n) is 8.32. The third kappa shape index (κ3) is 2.92. The van der Waals surface area contributed by atoms with Gasteiger partial charge < -0.3 is 10.1 Å². The van der Waals surface area contributed by atoms with Gasteiger partial charge in [0.2, 0.25) is 0 Å². The Morgan fingerprint density at radius 1 is 1.27 bits per heavy atom. The Kier molecular flexibility index (Phi) is 3.70. The van der Waals surface area contributed by atoms with Gasteiger partial charge in [-0.25, -0.2) is 9.97 Å². The Balaban J connectivity index is 1.29. The van der Waals surface area contributed by atoms with E-state index in [2.05, 4.69) is 32.4 Å². The molecule has 2 aliphatic carbocycles. The largest absolute Gasteiger partial charge is 0.378 e. The van der Waals surface area contributed by atoms with E-state index < -0.39 is 0 Å². The van der Waals surface area contributed by atoms with Gasteiger partial charge in [-0.1, -0.05) is 6.92 Å². The van der Waals surface area contributed by atoms with Crippen LogP contribution in [0.4, 0.5) is 5.82 Å². The van der Waals surface area contributed by atoms with E-state index in [1.54, 1.807) is 12.5 Å². The van der Waals surface area contributed by atoms with Crippen LogP contribution in [0.2, 0.25) is 0 Å². The van der Waals surface area contributed by atoms with Crippen LogP contribution in [0.5, 0.6) is 0 Å². The van der Waals surface area contributed by atoms with Crippen molar-refractivity contribution in [3.05, 3.63) is 12.5 Å². The van der Waals surface area contributed by atoms with Gasteiger partial charge in [-0.3, -0.25) is 5.10 Å². The zero-order valence-electron chi connectivity index (χ0n) is 13.0. The SMILES string of the molecule is C[C@@H]1CC1COC1CCC(Nc2ncnc3[nH]ncc23)CC1. The first kappa shape index (κ1) is 13.9. The molecule has 2 saturated carbocycles. The fourth-order valence-corrected chi connectivity index (χ4v) is 3.34. The van der Waals surface area contributed by atoms with Crippen molar-refractivity contribution in [1.82, 2.24) is 20.2 Å². The average Bonchev–Trinajstić information content (AvgIpc) is 3.04. The third-order valence-corrected chi connectivity index (χ3v) is 5.09. The van der Waals surface area contributed by atoms with E-state index in [9.17, 15) is 0 Å². The lowest BCUT2D eigenvalue weighted by atomic mass is 9.93. The van der Waals surface area contributed by atoms with E-state index in [0.717, 1.165) is 61.0 Å². The van der Waals surface area contributed by atoms with Crippen LogP contribution in [0.3, 0.4) is 0 Å². The molecule has 1 unspecified atom stereocenters. The van der Waals surface area contributed by atoms with Crippen molar-refractivity contribution < 1.29 is 4.74 Å². The van der Waals surface area contributed by atoms with Gasteiger partial charge >= 0.3 is 0 Å². The Morgan fingerprint density at radius 3 is 2.86 bits per heavy atom. The van der Waals surface area contributed by atoms with Crippen molar-refractivity contribution in [2.45, 2.75) is 51.2 Å². The monoisotopic (exact) mass is 301 g/mol. The van der Waals surface area contributed by atoms with Crippen LogP contribution < -0.4 is 5.32 Å². The maximum Gasteiger partial charge on any atom is 0.160 e. The van der Waals surface area contributed by atoms with Gasteiger partial charge in [0.15, 0.2) is 5.65 Å². The van der Waals surface area contributed by atoms with Crippen LogP contribution in [0.15, 0.2) is 12.5 Å². The van der Waals surface area contributed by atoms with E-state index in [4.69, 9.17) is 4.74 Å². The van der Waals surface area contributed by atoms with Crippen molar-refractivity contribution >= 4 is 16.9 Å². The number of nitrogens with zero attached hydrogens (tertiary/aromatic N) is 3. The minimum absolute atomic E-state index is 0.449. The predicted octanol–water partition coefficient (Wildman–Crippen LogP) is 2.75. The topological polar surface area (TPSA) is 75.7 Å².